The Bertz CT molecular complexity index is 1640. The number of carbonyl (C=O) groups is 1. The lowest BCUT2D eigenvalue weighted by atomic mass is 9.93. The largest absolute Gasteiger partial charge is 0.481 e. The van der Waals surface area contributed by atoms with Crippen LogP contribution in [-0.2, 0) is 16.8 Å². The molecule has 1 aliphatic heterocycles. The van der Waals surface area contributed by atoms with Crippen LogP contribution in [0, 0.1) is 5.82 Å². The van der Waals surface area contributed by atoms with Crippen LogP contribution in [0.3, 0.4) is 0 Å². The summed E-state index contributed by atoms with van der Waals surface area (Å²) in [5, 5.41) is 12.4. The maximum absolute atomic E-state index is 14.0. The van der Waals surface area contributed by atoms with Crippen LogP contribution < -0.4 is 10.4 Å². The van der Waals surface area contributed by atoms with Gasteiger partial charge in [0.15, 0.2) is 5.76 Å². The van der Waals surface area contributed by atoms with Gasteiger partial charge in [-0.2, -0.15) is 0 Å². The zero-order chi connectivity index (χ0) is 25.1. The van der Waals surface area contributed by atoms with Gasteiger partial charge in [0.1, 0.15) is 17.1 Å². The molecule has 2 aliphatic rings. The number of hydrogen-bond acceptors (Lipinski definition) is 4. The zero-order valence-electron chi connectivity index (χ0n) is 19.9. The minimum Gasteiger partial charge on any atom is -0.481 e. The molecule has 0 saturated heterocycles. The molecule has 2 N–H and O–H groups in total. The van der Waals surface area contributed by atoms with Crippen molar-refractivity contribution in [2.75, 3.05) is 10.4 Å². The van der Waals surface area contributed by atoms with Crippen molar-refractivity contribution in [3.05, 3.63) is 108 Å². The first-order valence-electron chi connectivity index (χ1n) is 12.3. The predicted octanol–water partition coefficient (Wildman–Crippen LogP) is 7.37. The Morgan fingerprint density at radius 3 is 2.24 bits per heavy atom. The zero-order valence-corrected chi connectivity index (χ0v) is 19.9. The first kappa shape index (κ1) is 21.7. The monoisotopic (exact) mass is 490 g/mol. The van der Waals surface area contributed by atoms with E-state index in [4.69, 9.17) is 4.42 Å². The molecule has 0 radical (unpaired) electrons. The van der Waals surface area contributed by atoms with Crippen LogP contribution in [0.1, 0.15) is 24.0 Å². The number of hydrogen-bond donors (Lipinski definition) is 2. The van der Waals surface area contributed by atoms with Crippen molar-refractivity contribution >= 4 is 28.3 Å². The van der Waals surface area contributed by atoms with Crippen LogP contribution in [0.2, 0.25) is 0 Å². The van der Waals surface area contributed by atoms with E-state index in [9.17, 15) is 14.3 Å². The first-order valence-corrected chi connectivity index (χ1v) is 12.3. The molecular formula is C31H23FN2O3. The number of para-hydroxylation sites is 1. The topological polar surface area (TPSA) is 65.7 Å². The molecule has 5 nitrogen and oxygen atoms in total. The Labute approximate surface area is 212 Å². The van der Waals surface area contributed by atoms with E-state index in [1.165, 1.54) is 17.7 Å². The molecule has 0 atom stereocenters. The SMILES string of the molecule is O=C(O)C1(c2ccc(-c3ccc(-c4oc5cc(F)ccc5c4N4Cc5ccccc5N4)cc3)cc2)CC1. The van der Waals surface area contributed by atoms with E-state index in [1.54, 1.807) is 6.07 Å². The summed E-state index contributed by atoms with van der Waals surface area (Å²) < 4.78 is 20.3. The molecule has 0 unspecified atom stereocenters. The van der Waals surface area contributed by atoms with Crippen LogP contribution in [0.25, 0.3) is 33.4 Å². The summed E-state index contributed by atoms with van der Waals surface area (Å²) in [6.45, 7) is 0.664. The summed E-state index contributed by atoms with van der Waals surface area (Å²) in [5.41, 5.74) is 10.1. The molecule has 1 fully saturated rings. The van der Waals surface area contributed by atoms with Crippen LogP contribution >= 0.6 is 0 Å². The van der Waals surface area contributed by atoms with E-state index in [1.807, 2.05) is 71.7 Å². The van der Waals surface area contributed by atoms with Gasteiger partial charge in [-0.05, 0) is 53.3 Å². The van der Waals surface area contributed by atoms with Gasteiger partial charge in [0.05, 0.1) is 17.6 Å². The second-order valence-electron chi connectivity index (χ2n) is 9.82. The molecule has 182 valence electrons. The molecule has 2 heterocycles. The molecule has 4 aromatic carbocycles. The van der Waals surface area contributed by atoms with Crippen molar-refractivity contribution < 1.29 is 18.7 Å². The summed E-state index contributed by atoms with van der Waals surface area (Å²) in [5.74, 6) is -0.423. The number of halogens is 1. The van der Waals surface area contributed by atoms with Crippen LogP contribution in [-0.4, -0.2) is 11.1 Å². The van der Waals surface area contributed by atoms with E-state index in [0.29, 0.717) is 30.7 Å². The number of carboxylic acid groups (broad SMARTS) is 1. The third kappa shape index (κ3) is 3.48. The molecule has 7 rings (SSSR count). The first-order chi connectivity index (χ1) is 18.0. The standard InChI is InChI=1S/C31H23FN2O3/c32-24-13-14-25-27(17-24)37-29(28(25)34-18-22-3-1-2-4-26(22)33-34)21-7-5-19(6-8-21)20-9-11-23(12-10-20)31(15-16-31)30(35)36/h1-14,17,33H,15-16,18H2,(H,35,36). The fraction of sp³-hybridized carbons (Fsp3) is 0.129. The Morgan fingerprint density at radius 2 is 1.57 bits per heavy atom. The van der Waals surface area contributed by atoms with E-state index in [0.717, 1.165) is 39.0 Å². The molecular weight excluding hydrogens is 467 g/mol. The molecule has 6 heteroatoms. The summed E-state index contributed by atoms with van der Waals surface area (Å²) in [7, 11) is 0. The number of fused-ring (bicyclic) bond motifs is 2. The van der Waals surface area contributed by atoms with E-state index >= 15 is 0 Å². The van der Waals surface area contributed by atoms with Crippen molar-refractivity contribution in [2.45, 2.75) is 24.8 Å². The third-order valence-electron chi connectivity index (χ3n) is 7.57. The Balaban J connectivity index is 1.24. The quantitative estimate of drug-likeness (QED) is 0.269. The van der Waals surface area contributed by atoms with E-state index < -0.39 is 11.4 Å². The van der Waals surface area contributed by atoms with Gasteiger partial charge in [-0.25, -0.2) is 4.39 Å². The maximum atomic E-state index is 14.0. The van der Waals surface area contributed by atoms with Crippen molar-refractivity contribution in [2.24, 2.45) is 0 Å². The molecule has 1 aromatic heterocycles. The normalized spacial score (nSPS) is 15.4. The Kier molecular flexibility index (Phi) is 4.67. The second-order valence-corrected chi connectivity index (χ2v) is 9.82. The summed E-state index contributed by atoms with van der Waals surface area (Å²) in [4.78, 5) is 11.6. The van der Waals surface area contributed by atoms with Gasteiger partial charge in [-0.15, -0.1) is 0 Å². The number of carboxylic acids is 1. The van der Waals surface area contributed by atoms with Gasteiger partial charge >= 0.3 is 5.97 Å². The van der Waals surface area contributed by atoms with Crippen molar-refractivity contribution in [3.63, 3.8) is 0 Å². The van der Waals surface area contributed by atoms with Crippen molar-refractivity contribution in [1.82, 2.24) is 0 Å². The highest BCUT2D eigenvalue weighted by Gasteiger charge is 2.51. The Hall–Kier alpha value is -4.58. The number of aliphatic carboxylic acids is 1. The average molecular weight is 491 g/mol. The lowest BCUT2D eigenvalue weighted by Gasteiger charge is -2.19. The van der Waals surface area contributed by atoms with Crippen LogP contribution in [0.4, 0.5) is 15.8 Å². The number of nitrogens with one attached hydrogen (secondary N) is 1. The smallest absolute Gasteiger partial charge is 0.314 e. The average Bonchev–Trinajstić information content (AvgIpc) is 3.50. The highest BCUT2D eigenvalue weighted by Crippen LogP contribution is 2.49. The molecule has 37 heavy (non-hydrogen) atoms. The molecule has 0 spiro atoms. The van der Waals surface area contributed by atoms with Gasteiger partial charge in [-0.3, -0.25) is 15.2 Å². The highest BCUT2D eigenvalue weighted by molar-refractivity contribution is 6.00. The lowest BCUT2D eigenvalue weighted by molar-refractivity contribution is -0.140. The third-order valence-corrected chi connectivity index (χ3v) is 7.57. The number of anilines is 2. The maximum Gasteiger partial charge on any atom is 0.314 e. The van der Waals surface area contributed by atoms with Crippen LogP contribution in [0.5, 0.6) is 0 Å². The number of hydrazine groups is 1. The minimum absolute atomic E-state index is 0.341. The summed E-state index contributed by atoms with van der Waals surface area (Å²) >= 11 is 0. The summed E-state index contributed by atoms with van der Waals surface area (Å²) in [6, 6.07) is 28.7. The van der Waals surface area contributed by atoms with Gasteiger partial charge in [0, 0.05) is 17.0 Å². The molecule has 5 aromatic rings. The fourth-order valence-electron chi connectivity index (χ4n) is 5.32. The molecule has 1 aliphatic carbocycles. The number of nitrogens with zero attached hydrogens (tertiary/aromatic N) is 1. The van der Waals surface area contributed by atoms with E-state index in [2.05, 4.69) is 11.5 Å². The second kappa shape index (κ2) is 7.96. The Morgan fingerprint density at radius 1 is 0.892 bits per heavy atom. The number of rotatable bonds is 5. The van der Waals surface area contributed by atoms with Gasteiger partial charge in [0.25, 0.3) is 0 Å². The molecule has 1 saturated carbocycles. The van der Waals surface area contributed by atoms with E-state index in [-0.39, 0.29) is 5.82 Å². The fourth-order valence-corrected chi connectivity index (χ4v) is 5.32. The van der Waals surface area contributed by atoms with Crippen molar-refractivity contribution in [3.8, 4) is 22.5 Å². The highest BCUT2D eigenvalue weighted by atomic mass is 19.1. The number of benzene rings is 4. The van der Waals surface area contributed by atoms with Crippen molar-refractivity contribution in [1.29, 1.82) is 0 Å². The van der Waals surface area contributed by atoms with Gasteiger partial charge < -0.3 is 9.52 Å². The predicted molar refractivity (Wildman–Crippen MR) is 142 cm³/mol. The lowest BCUT2D eigenvalue weighted by Crippen LogP contribution is -2.22. The van der Waals surface area contributed by atoms with Gasteiger partial charge in [0.2, 0.25) is 0 Å². The summed E-state index contributed by atoms with van der Waals surface area (Å²) in [6.07, 6.45) is 1.38. The molecule has 0 bridgehead atoms. The van der Waals surface area contributed by atoms with Crippen LogP contribution in [0.15, 0.2) is 95.4 Å². The minimum atomic E-state index is -0.748. The molecule has 0 amide bonds. The number of furan rings is 1. The van der Waals surface area contributed by atoms with Gasteiger partial charge in [-0.1, -0.05) is 66.7 Å².